The van der Waals surface area contributed by atoms with E-state index in [1.165, 1.54) is 12.1 Å². The fourth-order valence-electron chi connectivity index (χ4n) is 2.35. The monoisotopic (exact) mass is 301 g/mol. The van der Waals surface area contributed by atoms with E-state index in [1.807, 2.05) is 25.1 Å². The van der Waals surface area contributed by atoms with Crippen LogP contribution in [0.25, 0.3) is 22.4 Å². The van der Waals surface area contributed by atoms with Crippen LogP contribution in [-0.2, 0) is 0 Å². The Kier molecular flexibility index (Phi) is 3.39. The van der Waals surface area contributed by atoms with Gasteiger partial charge in [-0.15, -0.1) is 0 Å². The van der Waals surface area contributed by atoms with Crippen LogP contribution >= 0.6 is 11.6 Å². The smallest absolute Gasteiger partial charge is 0.153 e. The number of halogens is 2. The standard InChI is InChI=1S/C16H13ClFN3/c1-9-5-6-11(17)8-13(9)15-14(16(19)21-20-15)10-3-2-4-12(18)7-10/h2-8H,1H3,(H3,19,20,21). The zero-order valence-electron chi connectivity index (χ0n) is 11.3. The van der Waals surface area contributed by atoms with Crippen LogP contribution in [0.4, 0.5) is 10.2 Å². The van der Waals surface area contributed by atoms with Crippen LogP contribution in [0.15, 0.2) is 42.5 Å². The Morgan fingerprint density at radius 3 is 2.76 bits per heavy atom. The number of nitrogens with zero attached hydrogens (tertiary/aromatic N) is 1. The molecule has 0 atom stereocenters. The summed E-state index contributed by atoms with van der Waals surface area (Å²) < 4.78 is 13.5. The van der Waals surface area contributed by atoms with E-state index in [0.29, 0.717) is 22.0 Å². The van der Waals surface area contributed by atoms with E-state index >= 15 is 0 Å². The molecule has 0 bridgehead atoms. The lowest BCUT2D eigenvalue weighted by Gasteiger charge is -2.08. The summed E-state index contributed by atoms with van der Waals surface area (Å²) in [5.41, 5.74) is 9.97. The molecule has 0 radical (unpaired) electrons. The van der Waals surface area contributed by atoms with Gasteiger partial charge in [0.1, 0.15) is 5.82 Å². The van der Waals surface area contributed by atoms with Crippen molar-refractivity contribution in [3.05, 3.63) is 58.9 Å². The van der Waals surface area contributed by atoms with Crippen molar-refractivity contribution in [2.24, 2.45) is 0 Å². The minimum atomic E-state index is -0.318. The van der Waals surface area contributed by atoms with Crippen LogP contribution in [0.3, 0.4) is 0 Å². The second-order valence-corrected chi connectivity index (χ2v) is 5.26. The minimum absolute atomic E-state index is 0.318. The summed E-state index contributed by atoms with van der Waals surface area (Å²) in [6.45, 7) is 1.97. The lowest BCUT2D eigenvalue weighted by molar-refractivity contribution is 0.628. The van der Waals surface area contributed by atoms with Crippen LogP contribution < -0.4 is 5.73 Å². The minimum Gasteiger partial charge on any atom is -0.382 e. The molecule has 0 saturated carbocycles. The van der Waals surface area contributed by atoms with Gasteiger partial charge in [0.05, 0.1) is 11.3 Å². The van der Waals surface area contributed by atoms with Gasteiger partial charge < -0.3 is 5.73 Å². The molecule has 0 aliphatic heterocycles. The quantitative estimate of drug-likeness (QED) is 0.736. The maximum absolute atomic E-state index is 13.5. The second-order valence-electron chi connectivity index (χ2n) is 4.83. The van der Waals surface area contributed by atoms with E-state index in [0.717, 1.165) is 16.8 Å². The number of nitrogens with one attached hydrogen (secondary N) is 1. The second kappa shape index (κ2) is 5.22. The topological polar surface area (TPSA) is 54.7 Å². The Labute approximate surface area is 126 Å². The van der Waals surface area contributed by atoms with Crippen LogP contribution in [0.2, 0.25) is 5.02 Å². The van der Waals surface area contributed by atoms with E-state index in [2.05, 4.69) is 10.2 Å². The van der Waals surface area contributed by atoms with E-state index in [4.69, 9.17) is 17.3 Å². The molecule has 0 aliphatic rings. The third kappa shape index (κ3) is 2.50. The number of hydrogen-bond donors (Lipinski definition) is 2. The third-order valence-corrected chi connectivity index (χ3v) is 3.61. The van der Waals surface area contributed by atoms with E-state index in [-0.39, 0.29) is 5.82 Å². The fraction of sp³-hybridized carbons (Fsp3) is 0.0625. The van der Waals surface area contributed by atoms with Crippen LogP contribution in [0.5, 0.6) is 0 Å². The van der Waals surface area contributed by atoms with Crippen molar-refractivity contribution < 1.29 is 4.39 Å². The number of anilines is 1. The lowest BCUT2D eigenvalue weighted by atomic mass is 9.98. The first-order valence-corrected chi connectivity index (χ1v) is 6.80. The average Bonchev–Trinajstić information content (AvgIpc) is 2.83. The maximum Gasteiger partial charge on any atom is 0.153 e. The summed E-state index contributed by atoms with van der Waals surface area (Å²) in [6, 6.07) is 11.9. The summed E-state index contributed by atoms with van der Waals surface area (Å²) >= 11 is 6.07. The summed E-state index contributed by atoms with van der Waals surface area (Å²) in [4.78, 5) is 0. The highest BCUT2D eigenvalue weighted by molar-refractivity contribution is 6.30. The molecule has 1 heterocycles. The van der Waals surface area contributed by atoms with Gasteiger partial charge in [0.25, 0.3) is 0 Å². The molecule has 0 fully saturated rings. The Balaban J connectivity index is 2.24. The van der Waals surface area contributed by atoms with E-state index in [9.17, 15) is 4.39 Å². The van der Waals surface area contributed by atoms with Gasteiger partial charge in [-0.1, -0.05) is 29.8 Å². The molecule has 3 N–H and O–H groups in total. The lowest BCUT2D eigenvalue weighted by Crippen LogP contribution is -1.90. The van der Waals surface area contributed by atoms with Gasteiger partial charge in [-0.25, -0.2) is 4.39 Å². The van der Waals surface area contributed by atoms with Crippen LogP contribution in [0.1, 0.15) is 5.56 Å². The van der Waals surface area contributed by atoms with Gasteiger partial charge in [0.15, 0.2) is 5.82 Å². The van der Waals surface area contributed by atoms with E-state index < -0.39 is 0 Å². The highest BCUT2D eigenvalue weighted by atomic mass is 35.5. The largest absolute Gasteiger partial charge is 0.382 e. The highest BCUT2D eigenvalue weighted by Crippen LogP contribution is 2.37. The number of rotatable bonds is 2. The summed E-state index contributed by atoms with van der Waals surface area (Å²) in [6.07, 6.45) is 0. The van der Waals surface area contributed by atoms with Crippen molar-refractivity contribution in [1.82, 2.24) is 10.2 Å². The number of nitrogen functional groups attached to an aromatic ring is 1. The summed E-state index contributed by atoms with van der Waals surface area (Å²) in [5, 5.41) is 7.60. The van der Waals surface area contributed by atoms with Crippen molar-refractivity contribution in [3.8, 4) is 22.4 Å². The number of H-pyrrole nitrogens is 1. The van der Waals surface area contributed by atoms with Crippen molar-refractivity contribution in [2.45, 2.75) is 6.92 Å². The zero-order chi connectivity index (χ0) is 15.0. The molecular formula is C16H13ClFN3. The van der Waals surface area contributed by atoms with Gasteiger partial charge in [0.2, 0.25) is 0 Å². The van der Waals surface area contributed by atoms with Gasteiger partial charge in [0, 0.05) is 10.6 Å². The molecule has 0 saturated heterocycles. The van der Waals surface area contributed by atoms with Crippen LogP contribution in [0, 0.1) is 12.7 Å². The van der Waals surface area contributed by atoms with Gasteiger partial charge >= 0.3 is 0 Å². The molecule has 1 aromatic heterocycles. The molecule has 106 valence electrons. The Morgan fingerprint density at radius 1 is 1.19 bits per heavy atom. The van der Waals surface area contributed by atoms with Crippen molar-refractivity contribution in [2.75, 3.05) is 5.73 Å². The van der Waals surface area contributed by atoms with Crippen molar-refractivity contribution in [3.63, 3.8) is 0 Å². The molecular weight excluding hydrogens is 289 g/mol. The average molecular weight is 302 g/mol. The maximum atomic E-state index is 13.5. The zero-order valence-corrected chi connectivity index (χ0v) is 12.1. The Morgan fingerprint density at radius 2 is 2.00 bits per heavy atom. The molecule has 3 rings (SSSR count). The highest BCUT2D eigenvalue weighted by Gasteiger charge is 2.16. The predicted octanol–water partition coefficient (Wildman–Crippen LogP) is 4.43. The number of aromatic nitrogens is 2. The SMILES string of the molecule is Cc1ccc(Cl)cc1-c1[nH]nc(N)c1-c1cccc(F)c1. The normalized spacial score (nSPS) is 10.8. The predicted molar refractivity (Wildman–Crippen MR) is 83.6 cm³/mol. The van der Waals surface area contributed by atoms with Gasteiger partial charge in [-0.2, -0.15) is 5.10 Å². The van der Waals surface area contributed by atoms with Crippen molar-refractivity contribution >= 4 is 17.4 Å². The molecule has 0 unspecified atom stereocenters. The molecule has 5 heteroatoms. The third-order valence-electron chi connectivity index (χ3n) is 3.38. The number of aryl methyl sites for hydroxylation is 1. The van der Waals surface area contributed by atoms with E-state index in [1.54, 1.807) is 12.1 Å². The van der Waals surface area contributed by atoms with Crippen LogP contribution in [-0.4, -0.2) is 10.2 Å². The fourth-order valence-corrected chi connectivity index (χ4v) is 2.52. The number of aromatic amines is 1. The summed E-state index contributed by atoms with van der Waals surface area (Å²) in [5.74, 6) is 0.0110. The molecule has 3 nitrogen and oxygen atoms in total. The van der Waals surface area contributed by atoms with Gasteiger partial charge in [-0.05, 0) is 42.3 Å². The Hall–Kier alpha value is -2.33. The Bertz CT molecular complexity index is 811. The first-order valence-electron chi connectivity index (χ1n) is 6.42. The first-order chi connectivity index (χ1) is 10.1. The first kappa shape index (κ1) is 13.6. The molecule has 3 aromatic rings. The van der Waals surface area contributed by atoms with Crippen molar-refractivity contribution in [1.29, 1.82) is 0 Å². The summed E-state index contributed by atoms with van der Waals surface area (Å²) in [7, 11) is 0. The molecule has 21 heavy (non-hydrogen) atoms. The number of benzene rings is 2. The number of hydrogen-bond acceptors (Lipinski definition) is 2. The molecule has 2 aromatic carbocycles. The molecule has 0 aliphatic carbocycles. The number of nitrogens with two attached hydrogens (primary N) is 1. The molecule has 0 spiro atoms. The molecule has 0 amide bonds. The van der Waals surface area contributed by atoms with Gasteiger partial charge in [-0.3, -0.25) is 5.10 Å².